The van der Waals surface area contributed by atoms with E-state index in [1.807, 2.05) is 0 Å². The van der Waals surface area contributed by atoms with Crippen molar-refractivity contribution in [2.75, 3.05) is 11.5 Å². The number of amides is 1. The third kappa shape index (κ3) is 4.73. The number of rotatable bonds is 5. The van der Waals surface area contributed by atoms with E-state index in [2.05, 4.69) is 15.3 Å². The predicted octanol–water partition coefficient (Wildman–Crippen LogP) is 1.87. The second kappa shape index (κ2) is 7.25. The molecule has 0 aromatic heterocycles. The zero-order chi connectivity index (χ0) is 17.9. The van der Waals surface area contributed by atoms with Gasteiger partial charge in [0.2, 0.25) is 5.91 Å². The number of nitrogens with zero attached hydrogens (tertiary/aromatic N) is 1. The largest absolute Gasteiger partial charge is 0.434 e. The number of ether oxygens (including phenoxy) is 1. The van der Waals surface area contributed by atoms with Gasteiger partial charge < -0.3 is 4.74 Å². The van der Waals surface area contributed by atoms with E-state index in [9.17, 15) is 22.0 Å². The summed E-state index contributed by atoms with van der Waals surface area (Å²) in [4.78, 5) is 12.0. The molecule has 1 aromatic rings. The molecule has 0 aliphatic carbocycles. The maximum atomic E-state index is 12.5. The van der Waals surface area contributed by atoms with Crippen molar-refractivity contribution in [3.8, 4) is 5.75 Å². The van der Waals surface area contributed by atoms with Crippen LogP contribution >= 0.6 is 0 Å². The van der Waals surface area contributed by atoms with Gasteiger partial charge in [0.05, 0.1) is 23.1 Å². The summed E-state index contributed by atoms with van der Waals surface area (Å²) in [7, 11) is -3.17. The van der Waals surface area contributed by atoms with Crippen LogP contribution in [0.4, 0.5) is 8.78 Å². The maximum absolute atomic E-state index is 12.5. The van der Waals surface area contributed by atoms with Gasteiger partial charge in [0, 0.05) is 5.56 Å². The molecule has 132 valence electrons. The van der Waals surface area contributed by atoms with Crippen molar-refractivity contribution in [1.29, 1.82) is 0 Å². The van der Waals surface area contributed by atoms with Crippen molar-refractivity contribution in [3.05, 3.63) is 29.3 Å². The highest BCUT2D eigenvalue weighted by molar-refractivity contribution is 7.91. The Bertz CT molecular complexity index is 763. The van der Waals surface area contributed by atoms with Gasteiger partial charge >= 0.3 is 6.61 Å². The summed E-state index contributed by atoms with van der Waals surface area (Å²) < 4.78 is 52.2. The Kier molecular flexibility index (Phi) is 5.53. The molecular weight excluding hydrogens is 342 g/mol. The van der Waals surface area contributed by atoms with Gasteiger partial charge in [-0.3, -0.25) is 4.79 Å². The van der Waals surface area contributed by atoms with E-state index < -0.39 is 28.3 Å². The molecule has 1 atom stereocenters. The average Bonchev–Trinajstić information content (AvgIpc) is 2.86. The Morgan fingerprint density at radius 2 is 2.12 bits per heavy atom. The molecule has 1 aliphatic heterocycles. The lowest BCUT2D eigenvalue weighted by molar-refractivity contribution is -0.124. The lowest BCUT2D eigenvalue weighted by Gasteiger charge is -2.12. The fourth-order valence-electron chi connectivity index (χ4n) is 2.42. The molecule has 9 heteroatoms. The highest BCUT2D eigenvalue weighted by atomic mass is 32.2. The van der Waals surface area contributed by atoms with Gasteiger partial charge in [0.1, 0.15) is 5.75 Å². The van der Waals surface area contributed by atoms with Crippen molar-refractivity contribution >= 4 is 21.5 Å². The molecule has 1 aliphatic rings. The van der Waals surface area contributed by atoms with Crippen LogP contribution in [0.2, 0.25) is 0 Å². The van der Waals surface area contributed by atoms with Crippen molar-refractivity contribution in [1.82, 2.24) is 5.43 Å². The van der Waals surface area contributed by atoms with Crippen molar-refractivity contribution in [2.24, 2.45) is 11.0 Å². The van der Waals surface area contributed by atoms with Crippen molar-refractivity contribution in [2.45, 2.75) is 26.9 Å². The standard InChI is InChI=1S/C15H18F2N2O4S/c1-9-3-4-13(23-15(16)17)12(7-9)10(2)18-19-14(20)11-5-6-24(21,22)8-11/h3-4,7,11,15H,5-6,8H2,1-2H3,(H,19,20)/b18-10-/t11-/m1/s1. The monoisotopic (exact) mass is 360 g/mol. The molecule has 24 heavy (non-hydrogen) atoms. The first-order valence-electron chi connectivity index (χ1n) is 7.28. The third-order valence-electron chi connectivity index (χ3n) is 3.68. The predicted molar refractivity (Wildman–Crippen MR) is 84.9 cm³/mol. The number of carbonyl (C=O) groups is 1. The number of halogens is 2. The van der Waals surface area contributed by atoms with Crippen molar-refractivity contribution < 1.29 is 26.7 Å². The van der Waals surface area contributed by atoms with Crippen LogP contribution in [0.5, 0.6) is 5.75 Å². The number of hydrazone groups is 1. The van der Waals surface area contributed by atoms with Crippen molar-refractivity contribution in [3.63, 3.8) is 0 Å². The van der Waals surface area contributed by atoms with Gasteiger partial charge in [-0.05, 0) is 32.4 Å². The summed E-state index contributed by atoms with van der Waals surface area (Å²) in [5.74, 6) is -1.40. The summed E-state index contributed by atoms with van der Waals surface area (Å²) in [6.07, 6.45) is 0.257. The second-order valence-electron chi connectivity index (χ2n) is 5.65. The van der Waals surface area contributed by atoms with Crippen LogP contribution in [0.25, 0.3) is 0 Å². The topological polar surface area (TPSA) is 84.8 Å². The summed E-state index contributed by atoms with van der Waals surface area (Å²) in [6.45, 7) is 0.349. The minimum atomic E-state index is -3.17. The molecule has 1 saturated heterocycles. The first-order chi connectivity index (χ1) is 11.2. The Morgan fingerprint density at radius 3 is 2.71 bits per heavy atom. The molecule has 0 spiro atoms. The maximum Gasteiger partial charge on any atom is 0.387 e. The molecule has 1 fully saturated rings. The van der Waals surface area contributed by atoms with E-state index in [0.29, 0.717) is 5.56 Å². The first-order valence-corrected chi connectivity index (χ1v) is 9.10. The minimum Gasteiger partial charge on any atom is -0.434 e. The molecule has 1 amide bonds. The van der Waals surface area contributed by atoms with Crippen LogP contribution in [-0.2, 0) is 14.6 Å². The molecular formula is C15H18F2N2O4S. The molecule has 0 bridgehead atoms. The number of sulfone groups is 1. The zero-order valence-electron chi connectivity index (χ0n) is 13.3. The molecule has 6 nitrogen and oxygen atoms in total. The molecule has 1 heterocycles. The molecule has 0 radical (unpaired) electrons. The Labute approximate surface area is 138 Å². The van der Waals surface area contributed by atoms with E-state index in [0.717, 1.165) is 5.56 Å². The quantitative estimate of drug-likeness (QED) is 0.642. The molecule has 0 unspecified atom stereocenters. The van der Waals surface area contributed by atoms with E-state index in [4.69, 9.17) is 0 Å². The molecule has 2 rings (SSSR count). The lowest BCUT2D eigenvalue weighted by atomic mass is 10.1. The van der Waals surface area contributed by atoms with Crippen LogP contribution in [0, 0.1) is 12.8 Å². The van der Waals surface area contributed by atoms with Gasteiger partial charge in [-0.2, -0.15) is 13.9 Å². The van der Waals surface area contributed by atoms with Gasteiger partial charge in [-0.25, -0.2) is 13.8 Å². The van der Waals surface area contributed by atoms with Gasteiger partial charge in [-0.15, -0.1) is 0 Å². The summed E-state index contributed by atoms with van der Waals surface area (Å²) in [5.41, 5.74) is 3.73. The smallest absolute Gasteiger partial charge is 0.387 e. The normalized spacial score (nSPS) is 20.2. The van der Waals surface area contributed by atoms with Crippen LogP contribution in [0.15, 0.2) is 23.3 Å². The minimum absolute atomic E-state index is 0.0158. The van der Waals surface area contributed by atoms with Crippen LogP contribution < -0.4 is 10.2 Å². The van der Waals surface area contributed by atoms with Crippen LogP contribution in [-0.4, -0.2) is 38.2 Å². The van der Waals surface area contributed by atoms with Gasteiger partial charge in [0.15, 0.2) is 9.84 Å². The highest BCUT2D eigenvalue weighted by Gasteiger charge is 2.32. The van der Waals surface area contributed by atoms with Gasteiger partial charge in [-0.1, -0.05) is 11.6 Å². The Balaban J connectivity index is 2.13. The molecule has 1 N–H and O–H groups in total. The number of hydrogen-bond donors (Lipinski definition) is 1. The zero-order valence-corrected chi connectivity index (χ0v) is 14.1. The number of hydrogen-bond acceptors (Lipinski definition) is 5. The fourth-order valence-corrected chi connectivity index (χ4v) is 4.16. The summed E-state index contributed by atoms with van der Waals surface area (Å²) >= 11 is 0. The highest BCUT2D eigenvalue weighted by Crippen LogP contribution is 2.23. The first kappa shape index (κ1) is 18.3. The number of nitrogens with one attached hydrogen (secondary N) is 1. The van der Waals surface area contributed by atoms with E-state index in [-0.39, 0.29) is 29.4 Å². The number of carbonyl (C=O) groups excluding carboxylic acids is 1. The Hall–Kier alpha value is -2.03. The summed E-state index contributed by atoms with van der Waals surface area (Å²) in [5, 5.41) is 3.89. The third-order valence-corrected chi connectivity index (χ3v) is 5.45. The SMILES string of the molecule is C/C(=N/NC(=O)[C@@H]1CCS(=O)(=O)C1)c1cc(C)ccc1OC(F)F. The van der Waals surface area contributed by atoms with E-state index >= 15 is 0 Å². The summed E-state index contributed by atoms with van der Waals surface area (Å²) in [6, 6.07) is 4.64. The molecule has 1 aromatic carbocycles. The van der Waals surface area contributed by atoms with Crippen LogP contribution in [0.3, 0.4) is 0 Å². The van der Waals surface area contributed by atoms with Crippen LogP contribution in [0.1, 0.15) is 24.5 Å². The van der Waals surface area contributed by atoms with E-state index in [1.54, 1.807) is 26.0 Å². The fraction of sp³-hybridized carbons (Fsp3) is 0.467. The number of alkyl halides is 2. The average molecular weight is 360 g/mol. The second-order valence-corrected chi connectivity index (χ2v) is 7.88. The Morgan fingerprint density at radius 1 is 1.42 bits per heavy atom. The number of benzene rings is 1. The van der Waals surface area contributed by atoms with E-state index in [1.165, 1.54) is 6.07 Å². The number of aryl methyl sites for hydroxylation is 1. The lowest BCUT2D eigenvalue weighted by Crippen LogP contribution is -2.28. The molecule has 0 saturated carbocycles. The van der Waals surface area contributed by atoms with Gasteiger partial charge in [0.25, 0.3) is 0 Å².